The van der Waals surface area contributed by atoms with E-state index in [1.165, 1.54) is 4.70 Å². The van der Waals surface area contributed by atoms with E-state index in [2.05, 4.69) is 6.07 Å². The molecule has 0 spiro atoms. The van der Waals surface area contributed by atoms with Crippen LogP contribution in [0.2, 0.25) is 0 Å². The van der Waals surface area contributed by atoms with Gasteiger partial charge in [-0.05, 0) is 44.4 Å². The number of amides is 1. The van der Waals surface area contributed by atoms with Gasteiger partial charge in [-0.25, -0.2) is 4.98 Å². The zero-order valence-electron chi connectivity index (χ0n) is 15.1. The first-order valence-electron chi connectivity index (χ1n) is 9.37. The zero-order chi connectivity index (χ0) is 18.4. The summed E-state index contributed by atoms with van der Waals surface area (Å²) >= 11 is 1.69. The lowest BCUT2D eigenvalue weighted by Gasteiger charge is -2.34. The van der Waals surface area contributed by atoms with Crippen molar-refractivity contribution < 1.29 is 9.21 Å². The Morgan fingerprint density at radius 3 is 2.81 bits per heavy atom. The molecule has 136 valence electrons. The van der Waals surface area contributed by atoms with Crippen molar-refractivity contribution in [2.45, 2.75) is 32.2 Å². The number of furan rings is 1. The Bertz CT molecular complexity index is 1110. The van der Waals surface area contributed by atoms with Crippen LogP contribution in [0.3, 0.4) is 0 Å². The molecule has 0 N–H and O–H groups in total. The average molecular weight is 376 g/mol. The van der Waals surface area contributed by atoms with Gasteiger partial charge >= 0.3 is 0 Å². The van der Waals surface area contributed by atoms with Crippen molar-refractivity contribution in [3.63, 3.8) is 0 Å². The van der Waals surface area contributed by atoms with E-state index >= 15 is 0 Å². The summed E-state index contributed by atoms with van der Waals surface area (Å²) in [4.78, 5) is 20.2. The van der Waals surface area contributed by atoms with Crippen molar-refractivity contribution in [2.24, 2.45) is 0 Å². The van der Waals surface area contributed by atoms with E-state index in [0.717, 1.165) is 52.9 Å². The highest BCUT2D eigenvalue weighted by Gasteiger charge is 2.33. The molecule has 5 heteroatoms. The highest BCUT2D eigenvalue weighted by molar-refractivity contribution is 7.18. The maximum atomic E-state index is 13.4. The SMILES string of the molecule is Cc1c(C(=O)N2CCCC[C@@H]2c2nc3ccccc3s2)oc2ccccc12. The Morgan fingerprint density at radius 2 is 1.96 bits per heavy atom. The maximum Gasteiger partial charge on any atom is 0.290 e. The summed E-state index contributed by atoms with van der Waals surface area (Å²) in [6.45, 7) is 2.71. The summed E-state index contributed by atoms with van der Waals surface area (Å²) in [6, 6.07) is 16.0. The van der Waals surface area contributed by atoms with Crippen LogP contribution < -0.4 is 0 Å². The molecule has 1 atom stereocenters. The van der Waals surface area contributed by atoms with Crippen LogP contribution in [0.25, 0.3) is 21.2 Å². The number of carbonyl (C=O) groups is 1. The van der Waals surface area contributed by atoms with Crippen LogP contribution in [0.5, 0.6) is 0 Å². The fourth-order valence-corrected chi connectivity index (χ4v) is 5.09. The Hall–Kier alpha value is -2.66. The number of nitrogens with zero attached hydrogens (tertiary/aromatic N) is 2. The summed E-state index contributed by atoms with van der Waals surface area (Å²) in [7, 11) is 0. The molecule has 4 aromatic rings. The molecule has 1 fully saturated rings. The number of benzene rings is 2. The largest absolute Gasteiger partial charge is 0.451 e. The topological polar surface area (TPSA) is 46.3 Å². The van der Waals surface area contributed by atoms with Gasteiger partial charge in [0.15, 0.2) is 5.76 Å². The Labute approximate surface area is 161 Å². The van der Waals surface area contributed by atoms with Crippen LogP contribution in [0.15, 0.2) is 52.9 Å². The summed E-state index contributed by atoms with van der Waals surface area (Å²) < 4.78 is 7.12. The maximum absolute atomic E-state index is 13.4. The van der Waals surface area contributed by atoms with Gasteiger partial charge in [-0.1, -0.05) is 30.3 Å². The van der Waals surface area contributed by atoms with Gasteiger partial charge in [-0.3, -0.25) is 4.79 Å². The molecule has 0 bridgehead atoms. The van der Waals surface area contributed by atoms with E-state index in [9.17, 15) is 4.79 Å². The molecule has 1 aliphatic rings. The number of likely N-dealkylation sites (tertiary alicyclic amines) is 1. The first kappa shape index (κ1) is 16.5. The molecule has 4 nitrogen and oxygen atoms in total. The van der Waals surface area contributed by atoms with Crippen molar-refractivity contribution in [3.8, 4) is 0 Å². The van der Waals surface area contributed by atoms with E-state index in [-0.39, 0.29) is 11.9 Å². The molecular formula is C22H20N2O2S. The molecule has 1 saturated heterocycles. The minimum atomic E-state index is -0.0207. The van der Waals surface area contributed by atoms with E-state index < -0.39 is 0 Å². The number of hydrogen-bond donors (Lipinski definition) is 0. The van der Waals surface area contributed by atoms with Crippen molar-refractivity contribution in [3.05, 3.63) is 64.9 Å². The predicted octanol–water partition coefficient (Wildman–Crippen LogP) is 5.72. The van der Waals surface area contributed by atoms with Crippen LogP contribution in [0, 0.1) is 6.92 Å². The second-order valence-electron chi connectivity index (χ2n) is 7.08. The Balaban J connectivity index is 1.54. The quantitative estimate of drug-likeness (QED) is 0.449. The van der Waals surface area contributed by atoms with E-state index in [1.807, 2.05) is 54.3 Å². The standard InChI is InChI=1S/C22H20N2O2S/c1-14-15-8-2-4-11-18(15)26-20(14)22(25)24-13-7-6-10-17(24)21-23-16-9-3-5-12-19(16)27-21/h2-5,8-9,11-12,17H,6-7,10,13H2,1H3/t17-/m1/s1. The van der Waals surface area contributed by atoms with Crippen LogP contribution in [0.4, 0.5) is 0 Å². The van der Waals surface area contributed by atoms with Crippen molar-refractivity contribution in [1.82, 2.24) is 9.88 Å². The third-order valence-corrected chi connectivity index (χ3v) is 6.53. The number of aromatic nitrogens is 1. The molecule has 2 aromatic heterocycles. The number of rotatable bonds is 2. The summed E-state index contributed by atoms with van der Waals surface area (Å²) in [5.41, 5.74) is 2.70. The average Bonchev–Trinajstić information content (AvgIpc) is 3.29. The van der Waals surface area contributed by atoms with Crippen molar-refractivity contribution in [1.29, 1.82) is 0 Å². The number of hydrogen-bond acceptors (Lipinski definition) is 4. The summed E-state index contributed by atoms with van der Waals surface area (Å²) in [5.74, 6) is 0.442. The number of aryl methyl sites for hydroxylation is 1. The lowest BCUT2D eigenvalue weighted by molar-refractivity contribution is 0.0580. The second-order valence-corrected chi connectivity index (χ2v) is 8.14. The van der Waals surface area contributed by atoms with Crippen LogP contribution in [-0.4, -0.2) is 22.3 Å². The van der Waals surface area contributed by atoms with Gasteiger partial charge in [0.1, 0.15) is 10.6 Å². The number of carbonyl (C=O) groups excluding carboxylic acids is 1. The lowest BCUT2D eigenvalue weighted by Crippen LogP contribution is -2.38. The Morgan fingerprint density at radius 1 is 1.15 bits per heavy atom. The molecule has 27 heavy (non-hydrogen) atoms. The lowest BCUT2D eigenvalue weighted by atomic mass is 10.0. The number of thiazole rings is 1. The molecule has 1 amide bonds. The molecular weight excluding hydrogens is 356 g/mol. The van der Waals surface area contributed by atoms with Gasteiger partial charge in [0.2, 0.25) is 0 Å². The van der Waals surface area contributed by atoms with Gasteiger partial charge < -0.3 is 9.32 Å². The van der Waals surface area contributed by atoms with E-state index in [1.54, 1.807) is 11.3 Å². The highest BCUT2D eigenvalue weighted by atomic mass is 32.1. The first-order valence-corrected chi connectivity index (χ1v) is 10.2. The third kappa shape index (κ3) is 2.73. The van der Waals surface area contributed by atoms with Crippen LogP contribution in [0.1, 0.15) is 46.4 Å². The number of piperidine rings is 1. The minimum absolute atomic E-state index is 0.0207. The molecule has 0 saturated carbocycles. The molecule has 5 rings (SSSR count). The van der Waals surface area contributed by atoms with Gasteiger partial charge in [0.05, 0.1) is 16.3 Å². The van der Waals surface area contributed by atoms with Gasteiger partial charge in [-0.15, -0.1) is 11.3 Å². The van der Waals surface area contributed by atoms with Crippen molar-refractivity contribution >= 4 is 38.4 Å². The molecule has 2 aromatic carbocycles. The summed E-state index contributed by atoms with van der Waals surface area (Å²) in [6.07, 6.45) is 3.08. The normalized spacial score (nSPS) is 17.7. The van der Waals surface area contributed by atoms with Gasteiger partial charge in [0, 0.05) is 17.5 Å². The molecule has 3 heterocycles. The minimum Gasteiger partial charge on any atom is -0.451 e. The molecule has 0 aliphatic carbocycles. The van der Waals surface area contributed by atoms with E-state index in [0.29, 0.717) is 5.76 Å². The van der Waals surface area contributed by atoms with E-state index in [4.69, 9.17) is 9.40 Å². The van der Waals surface area contributed by atoms with Crippen LogP contribution >= 0.6 is 11.3 Å². The molecule has 1 aliphatic heterocycles. The zero-order valence-corrected chi connectivity index (χ0v) is 16.0. The van der Waals surface area contributed by atoms with Crippen molar-refractivity contribution in [2.75, 3.05) is 6.54 Å². The van der Waals surface area contributed by atoms with Crippen LogP contribution in [-0.2, 0) is 0 Å². The monoisotopic (exact) mass is 376 g/mol. The summed E-state index contributed by atoms with van der Waals surface area (Å²) in [5, 5.41) is 2.03. The Kier molecular flexibility index (Phi) is 3.97. The fourth-order valence-electron chi connectivity index (χ4n) is 3.97. The number of fused-ring (bicyclic) bond motifs is 2. The predicted molar refractivity (Wildman–Crippen MR) is 108 cm³/mol. The van der Waals surface area contributed by atoms with Gasteiger partial charge in [-0.2, -0.15) is 0 Å². The molecule has 0 radical (unpaired) electrons. The third-order valence-electron chi connectivity index (χ3n) is 5.40. The number of para-hydroxylation sites is 2. The second kappa shape index (κ2) is 6.50. The molecule has 0 unspecified atom stereocenters. The fraction of sp³-hybridized carbons (Fsp3) is 0.273. The smallest absolute Gasteiger partial charge is 0.290 e. The van der Waals surface area contributed by atoms with Gasteiger partial charge in [0.25, 0.3) is 5.91 Å². The highest BCUT2D eigenvalue weighted by Crippen LogP contribution is 2.37. The first-order chi connectivity index (χ1) is 13.2.